The van der Waals surface area contributed by atoms with Crippen LogP contribution in [-0.4, -0.2) is 24.0 Å². The quantitative estimate of drug-likeness (QED) is 0.697. The van der Waals surface area contributed by atoms with Crippen molar-refractivity contribution in [3.63, 3.8) is 0 Å². The van der Waals surface area contributed by atoms with Gasteiger partial charge in [0.15, 0.2) is 5.75 Å². The molecule has 1 rings (SSSR count). The van der Waals surface area contributed by atoms with Gasteiger partial charge in [-0.3, -0.25) is 0 Å². The van der Waals surface area contributed by atoms with Crippen LogP contribution in [-0.2, 0) is 0 Å². The van der Waals surface area contributed by atoms with E-state index < -0.39 is 7.32 Å². The Morgan fingerprint density at radius 3 is 2.57 bits per heavy atom. The predicted octanol–water partition coefficient (Wildman–Crippen LogP) is 0.742. The van der Waals surface area contributed by atoms with Gasteiger partial charge in [0, 0.05) is 0 Å². The first kappa shape index (κ1) is 10.9. The molecule has 0 saturated carbocycles. The second-order valence-corrected chi connectivity index (χ2v) is 2.83. The number of benzene rings is 1. The van der Waals surface area contributed by atoms with E-state index in [0.717, 1.165) is 5.56 Å². The average molecular weight is 196 g/mol. The summed E-state index contributed by atoms with van der Waals surface area (Å²) in [5, 5.41) is 17.3. The van der Waals surface area contributed by atoms with Crippen molar-refractivity contribution in [2.45, 2.75) is 13.8 Å². The molecule has 0 radical (unpaired) electrons. The van der Waals surface area contributed by atoms with Crippen LogP contribution >= 0.6 is 0 Å². The number of aryl methyl sites for hydroxylation is 1. The molecule has 5 heteroatoms. The molecule has 0 unspecified atom stereocenters. The minimum Gasteiger partial charge on any atom is -0.509 e. The highest BCUT2D eigenvalue weighted by atomic mass is 16.6. The van der Waals surface area contributed by atoms with Gasteiger partial charge in [0.25, 0.3) is 0 Å². The molecule has 0 aromatic heterocycles. The molecule has 2 N–H and O–H groups in total. The van der Waals surface area contributed by atoms with E-state index in [4.69, 9.17) is 19.4 Å². The van der Waals surface area contributed by atoms with Crippen molar-refractivity contribution >= 4 is 7.32 Å². The van der Waals surface area contributed by atoms with Crippen LogP contribution in [0.4, 0.5) is 0 Å². The highest BCUT2D eigenvalue weighted by Gasteiger charge is 2.14. The van der Waals surface area contributed by atoms with Crippen LogP contribution < -0.4 is 9.39 Å². The predicted molar refractivity (Wildman–Crippen MR) is 53.2 cm³/mol. The van der Waals surface area contributed by atoms with E-state index >= 15 is 0 Å². The Morgan fingerprint density at radius 2 is 2.00 bits per heavy atom. The third-order valence-electron chi connectivity index (χ3n) is 1.63. The van der Waals surface area contributed by atoms with E-state index in [1.807, 2.05) is 19.9 Å². The number of hydrogen-bond donors (Lipinski definition) is 2. The summed E-state index contributed by atoms with van der Waals surface area (Å²) in [4.78, 5) is 0. The Labute approximate surface area is 83.3 Å². The summed E-state index contributed by atoms with van der Waals surface area (Å²) in [5.74, 6) is 0.841. The van der Waals surface area contributed by atoms with Crippen LogP contribution in [0.2, 0.25) is 0 Å². The Balaban J connectivity index is 2.90. The van der Waals surface area contributed by atoms with Crippen LogP contribution in [0.3, 0.4) is 0 Å². The lowest BCUT2D eigenvalue weighted by Gasteiger charge is -2.11. The zero-order valence-electron chi connectivity index (χ0n) is 8.23. The van der Waals surface area contributed by atoms with Crippen molar-refractivity contribution in [1.82, 2.24) is 0 Å². The Kier molecular flexibility index (Phi) is 3.79. The molecule has 0 aliphatic carbocycles. The highest BCUT2D eigenvalue weighted by molar-refractivity contribution is 6.33. The first-order valence-corrected chi connectivity index (χ1v) is 4.39. The van der Waals surface area contributed by atoms with E-state index in [0.29, 0.717) is 18.1 Å². The SMILES string of the molecule is CCOc1ccc(C)cc1OB(O)O. The fourth-order valence-corrected chi connectivity index (χ4v) is 1.10. The summed E-state index contributed by atoms with van der Waals surface area (Å²) < 4.78 is 10.0. The first-order chi connectivity index (χ1) is 6.63. The Hall–Kier alpha value is -1.20. The van der Waals surface area contributed by atoms with Crippen molar-refractivity contribution in [2.75, 3.05) is 6.61 Å². The fraction of sp³-hybridized carbons (Fsp3) is 0.333. The van der Waals surface area contributed by atoms with Gasteiger partial charge in [-0.05, 0) is 31.5 Å². The van der Waals surface area contributed by atoms with Crippen LogP contribution in [0.15, 0.2) is 18.2 Å². The topological polar surface area (TPSA) is 58.9 Å². The van der Waals surface area contributed by atoms with E-state index in [-0.39, 0.29) is 0 Å². The molecule has 1 aromatic rings. The number of rotatable bonds is 4. The Bertz CT molecular complexity index is 301. The molecule has 0 aliphatic heterocycles. The van der Waals surface area contributed by atoms with E-state index in [1.54, 1.807) is 12.1 Å². The minimum absolute atomic E-state index is 0.335. The second kappa shape index (κ2) is 4.88. The lowest BCUT2D eigenvalue weighted by Crippen LogP contribution is -2.21. The molecular weight excluding hydrogens is 183 g/mol. The van der Waals surface area contributed by atoms with Gasteiger partial charge in [-0.2, -0.15) is 0 Å². The van der Waals surface area contributed by atoms with Gasteiger partial charge < -0.3 is 19.4 Å². The van der Waals surface area contributed by atoms with E-state index in [1.165, 1.54) is 0 Å². The maximum absolute atomic E-state index is 8.67. The molecule has 0 saturated heterocycles. The molecule has 0 atom stereocenters. The highest BCUT2D eigenvalue weighted by Crippen LogP contribution is 2.28. The van der Waals surface area contributed by atoms with Crippen LogP contribution in [0.25, 0.3) is 0 Å². The summed E-state index contributed by atoms with van der Waals surface area (Å²) in [5.41, 5.74) is 0.962. The van der Waals surface area contributed by atoms with Crippen molar-refractivity contribution in [2.24, 2.45) is 0 Å². The fourth-order valence-electron chi connectivity index (χ4n) is 1.10. The van der Waals surface area contributed by atoms with Gasteiger partial charge in [-0.15, -0.1) is 0 Å². The molecular formula is C9H13BO4. The largest absolute Gasteiger partial charge is 0.707 e. The van der Waals surface area contributed by atoms with Gasteiger partial charge in [0.1, 0.15) is 5.75 Å². The molecule has 0 bridgehead atoms. The lowest BCUT2D eigenvalue weighted by atomic mass is 10.2. The monoisotopic (exact) mass is 196 g/mol. The summed E-state index contributed by atoms with van der Waals surface area (Å²) in [7, 11) is -1.82. The molecule has 4 nitrogen and oxygen atoms in total. The molecule has 0 spiro atoms. The summed E-state index contributed by atoms with van der Waals surface area (Å²) in [6.07, 6.45) is 0. The summed E-state index contributed by atoms with van der Waals surface area (Å²) >= 11 is 0. The third kappa shape index (κ3) is 2.94. The molecule has 0 fully saturated rings. The molecule has 1 aromatic carbocycles. The maximum atomic E-state index is 8.67. The van der Waals surface area contributed by atoms with E-state index in [2.05, 4.69) is 0 Å². The van der Waals surface area contributed by atoms with Gasteiger partial charge in [0.05, 0.1) is 6.61 Å². The second-order valence-electron chi connectivity index (χ2n) is 2.83. The minimum atomic E-state index is -1.82. The average Bonchev–Trinajstić information content (AvgIpc) is 2.09. The third-order valence-corrected chi connectivity index (χ3v) is 1.63. The molecule has 76 valence electrons. The van der Waals surface area contributed by atoms with Gasteiger partial charge >= 0.3 is 7.32 Å². The van der Waals surface area contributed by atoms with E-state index in [9.17, 15) is 0 Å². The van der Waals surface area contributed by atoms with Crippen molar-refractivity contribution in [1.29, 1.82) is 0 Å². The van der Waals surface area contributed by atoms with Crippen LogP contribution in [0.5, 0.6) is 11.5 Å². The molecule has 0 amide bonds. The Morgan fingerprint density at radius 1 is 1.29 bits per heavy atom. The zero-order valence-corrected chi connectivity index (χ0v) is 8.23. The smallest absolute Gasteiger partial charge is 0.509 e. The van der Waals surface area contributed by atoms with Crippen LogP contribution in [0, 0.1) is 6.92 Å². The molecule has 0 aliphatic rings. The lowest BCUT2D eigenvalue weighted by molar-refractivity contribution is 0.271. The van der Waals surface area contributed by atoms with Crippen molar-refractivity contribution in [3.8, 4) is 11.5 Å². The maximum Gasteiger partial charge on any atom is 0.707 e. The van der Waals surface area contributed by atoms with Gasteiger partial charge in [-0.25, -0.2) is 0 Å². The molecule has 0 heterocycles. The summed E-state index contributed by atoms with van der Waals surface area (Å²) in [6, 6.07) is 5.28. The number of ether oxygens (including phenoxy) is 1. The zero-order chi connectivity index (χ0) is 10.6. The molecule has 14 heavy (non-hydrogen) atoms. The summed E-state index contributed by atoms with van der Waals surface area (Å²) in [6.45, 7) is 4.23. The number of hydrogen-bond acceptors (Lipinski definition) is 4. The van der Waals surface area contributed by atoms with Gasteiger partial charge in [-0.1, -0.05) is 6.07 Å². The normalized spacial score (nSPS) is 9.71. The van der Waals surface area contributed by atoms with Crippen molar-refractivity contribution in [3.05, 3.63) is 23.8 Å². The first-order valence-electron chi connectivity index (χ1n) is 4.39. The standard InChI is InChI=1S/C9H13BO4/c1-3-13-8-5-4-7(2)6-9(8)14-10(11)12/h4-6,11-12H,3H2,1-2H3. The van der Waals surface area contributed by atoms with Gasteiger partial charge in [0.2, 0.25) is 0 Å². The van der Waals surface area contributed by atoms with Crippen LogP contribution in [0.1, 0.15) is 12.5 Å². The van der Waals surface area contributed by atoms with Crippen molar-refractivity contribution < 1.29 is 19.4 Å².